The van der Waals surface area contributed by atoms with E-state index in [1.807, 2.05) is 6.92 Å². The van der Waals surface area contributed by atoms with E-state index in [1.165, 1.54) is 19.2 Å². The minimum absolute atomic E-state index is 0.101. The van der Waals surface area contributed by atoms with Gasteiger partial charge in [-0.05, 0) is 39.5 Å². The molecule has 1 fully saturated rings. The molecular formula is C12H19N3O. The molecule has 0 aliphatic heterocycles. The summed E-state index contributed by atoms with van der Waals surface area (Å²) in [7, 11) is 1.63. The minimum Gasteiger partial charge on any atom is -0.481 e. The summed E-state index contributed by atoms with van der Waals surface area (Å²) in [5.74, 6) is 2.28. The van der Waals surface area contributed by atoms with Crippen LogP contribution in [0.2, 0.25) is 0 Å². The van der Waals surface area contributed by atoms with Crippen molar-refractivity contribution in [3.8, 4) is 5.88 Å². The fourth-order valence-electron chi connectivity index (χ4n) is 1.98. The van der Waals surface area contributed by atoms with Gasteiger partial charge in [0, 0.05) is 5.54 Å². The van der Waals surface area contributed by atoms with Crippen LogP contribution in [0.15, 0.2) is 6.33 Å². The zero-order valence-corrected chi connectivity index (χ0v) is 10.4. The molecule has 0 saturated heterocycles. The highest BCUT2D eigenvalue weighted by Gasteiger charge is 2.38. The lowest BCUT2D eigenvalue weighted by Gasteiger charge is -2.27. The Labute approximate surface area is 96.4 Å². The Hall–Kier alpha value is -1.32. The van der Waals surface area contributed by atoms with Crippen LogP contribution in [0, 0.1) is 12.8 Å². The van der Waals surface area contributed by atoms with Crippen molar-refractivity contribution in [2.75, 3.05) is 12.4 Å². The smallest absolute Gasteiger partial charge is 0.221 e. The second-order valence-corrected chi connectivity index (χ2v) is 4.98. The van der Waals surface area contributed by atoms with Crippen LogP contribution in [-0.2, 0) is 0 Å². The molecule has 4 nitrogen and oxygen atoms in total. The zero-order valence-electron chi connectivity index (χ0n) is 10.4. The molecule has 16 heavy (non-hydrogen) atoms. The van der Waals surface area contributed by atoms with E-state index in [0.717, 1.165) is 17.3 Å². The first-order valence-corrected chi connectivity index (χ1v) is 5.68. The van der Waals surface area contributed by atoms with E-state index < -0.39 is 0 Å². The third kappa shape index (κ3) is 2.10. The zero-order chi connectivity index (χ0) is 11.8. The van der Waals surface area contributed by atoms with Crippen LogP contribution in [0.25, 0.3) is 0 Å². The van der Waals surface area contributed by atoms with E-state index in [-0.39, 0.29) is 5.54 Å². The molecule has 1 heterocycles. The van der Waals surface area contributed by atoms with Gasteiger partial charge in [0.2, 0.25) is 5.88 Å². The molecule has 1 aromatic heterocycles. The molecule has 1 saturated carbocycles. The quantitative estimate of drug-likeness (QED) is 0.848. The van der Waals surface area contributed by atoms with Gasteiger partial charge in [-0.1, -0.05) is 0 Å². The molecule has 1 aliphatic rings. The maximum atomic E-state index is 5.19. The van der Waals surface area contributed by atoms with Crippen LogP contribution >= 0.6 is 0 Å². The summed E-state index contributed by atoms with van der Waals surface area (Å²) in [5.41, 5.74) is 1.07. The Kier molecular flexibility index (Phi) is 2.74. The highest BCUT2D eigenvalue weighted by atomic mass is 16.5. The molecule has 0 atom stereocenters. The average molecular weight is 221 g/mol. The second-order valence-electron chi connectivity index (χ2n) is 4.98. The van der Waals surface area contributed by atoms with E-state index >= 15 is 0 Å². The predicted molar refractivity (Wildman–Crippen MR) is 63.7 cm³/mol. The van der Waals surface area contributed by atoms with Crippen LogP contribution in [0.1, 0.15) is 32.3 Å². The Bertz CT molecular complexity index is 386. The predicted octanol–water partition coefficient (Wildman–Crippen LogP) is 2.39. The van der Waals surface area contributed by atoms with Crippen molar-refractivity contribution < 1.29 is 4.74 Å². The van der Waals surface area contributed by atoms with Crippen molar-refractivity contribution in [1.82, 2.24) is 9.97 Å². The van der Waals surface area contributed by atoms with Crippen molar-refractivity contribution in [2.24, 2.45) is 5.92 Å². The first-order chi connectivity index (χ1) is 7.54. The number of hydrogen-bond acceptors (Lipinski definition) is 4. The molecule has 88 valence electrons. The van der Waals surface area contributed by atoms with E-state index in [9.17, 15) is 0 Å². The summed E-state index contributed by atoms with van der Waals surface area (Å²) in [6.45, 7) is 6.42. The first-order valence-electron chi connectivity index (χ1n) is 5.68. The van der Waals surface area contributed by atoms with Gasteiger partial charge in [-0.2, -0.15) is 0 Å². The molecule has 0 unspecified atom stereocenters. The molecular weight excluding hydrogens is 202 g/mol. The molecule has 0 bridgehead atoms. The van der Waals surface area contributed by atoms with Crippen LogP contribution in [0.3, 0.4) is 0 Å². The number of anilines is 1. The van der Waals surface area contributed by atoms with Crippen LogP contribution in [0.5, 0.6) is 5.88 Å². The number of methoxy groups -OCH3 is 1. The number of aromatic nitrogens is 2. The topological polar surface area (TPSA) is 47.0 Å². The maximum Gasteiger partial charge on any atom is 0.221 e. The minimum atomic E-state index is 0.101. The van der Waals surface area contributed by atoms with Gasteiger partial charge in [0.25, 0.3) is 0 Å². The number of nitrogens with zero attached hydrogens (tertiary/aromatic N) is 2. The van der Waals surface area contributed by atoms with Crippen LogP contribution in [0.4, 0.5) is 5.82 Å². The SMILES string of the molecule is COc1ncnc(NC(C)(C)C2CC2)c1C. The van der Waals surface area contributed by atoms with Crippen LogP contribution in [-0.4, -0.2) is 22.6 Å². The van der Waals surface area contributed by atoms with Crippen molar-refractivity contribution in [2.45, 2.75) is 39.2 Å². The Morgan fingerprint density at radius 3 is 2.62 bits per heavy atom. The summed E-state index contributed by atoms with van der Waals surface area (Å²) in [4.78, 5) is 8.35. The van der Waals surface area contributed by atoms with Crippen molar-refractivity contribution >= 4 is 5.82 Å². The molecule has 2 rings (SSSR count). The third-order valence-electron chi connectivity index (χ3n) is 3.27. The highest BCUT2D eigenvalue weighted by molar-refractivity contribution is 5.49. The van der Waals surface area contributed by atoms with Gasteiger partial charge < -0.3 is 10.1 Å². The molecule has 0 amide bonds. The monoisotopic (exact) mass is 221 g/mol. The van der Waals surface area contributed by atoms with Gasteiger partial charge in [-0.25, -0.2) is 9.97 Å². The van der Waals surface area contributed by atoms with Crippen LogP contribution < -0.4 is 10.1 Å². The average Bonchev–Trinajstić information content (AvgIpc) is 3.04. The van der Waals surface area contributed by atoms with Gasteiger partial charge >= 0.3 is 0 Å². The lowest BCUT2D eigenvalue weighted by atomic mass is 9.98. The molecule has 0 spiro atoms. The fraction of sp³-hybridized carbons (Fsp3) is 0.667. The molecule has 1 aliphatic carbocycles. The largest absolute Gasteiger partial charge is 0.481 e. The van der Waals surface area contributed by atoms with Gasteiger partial charge in [-0.3, -0.25) is 0 Å². The number of rotatable bonds is 4. The fourth-order valence-corrected chi connectivity index (χ4v) is 1.98. The maximum absolute atomic E-state index is 5.19. The van der Waals surface area contributed by atoms with Crippen molar-refractivity contribution in [3.05, 3.63) is 11.9 Å². The van der Waals surface area contributed by atoms with Gasteiger partial charge in [0.05, 0.1) is 12.7 Å². The standard InChI is InChI=1S/C12H19N3O/c1-8-10(13-7-14-11(8)16-4)15-12(2,3)9-5-6-9/h7,9H,5-6H2,1-4H3,(H,13,14,15). The van der Waals surface area contributed by atoms with E-state index in [4.69, 9.17) is 4.74 Å². The summed E-state index contributed by atoms with van der Waals surface area (Å²) < 4.78 is 5.19. The summed E-state index contributed by atoms with van der Waals surface area (Å²) in [6, 6.07) is 0. The van der Waals surface area contributed by atoms with E-state index in [2.05, 4.69) is 29.1 Å². The molecule has 0 aromatic carbocycles. The van der Waals surface area contributed by atoms with Crippen molar-refractivity contribution in [3.63, 3.8) is 0 Å². The molecule has 1 N–H and O–H groups in total. The number of hydrogen-bond donors (Lipinski definition) is 1. The number of nitrogens with one attached hydrogen (secondary N) is 1. The molecule has 0 radical (unpaired) electrons. The Balaban J connectivity index is 2.20. The summed E-state index contributed by atoms with van der Waals surface area (Å²) >= 11 is 0. The normalized spacial score (nSPS) is 16.0. The third-order valence-corrected chi connectivity index (χ3v) is 3.27. The summed E-state index contributed by atoms with van der Waals surface area (Å²) in [6.07, 6.45) is 4.15. The number of ether oxygens (including phenoxy) is 1. The molecule has 4 heteroatoms. The van der Waals surface area contributed by atoms with Crippen molar-refractivity contribution in [1.29, 1.82) is 0 Å². The van der Waals surface area contributed by atoms with Gasteiger partial charge in [0.15, 0.2) is 0 Å². The first kappa shape index (κ1) is 11.2. The Morgan fingerprint density at radius 2 is 2.06 bits per heavy atom. The Morgan fingerprint density at radius 1 is 1.38 bits per heavy atom. The second kappa shape index (κ2) is 3.92. The summed E-state index contributed by atoms with van der Waals surface area (Å²) in [5, 5.41) is 3.49. The lowest BCUT2D eigenvalue weighted by molar-refractivity contribution is 0.393. The highest BCUT2D eigenvalue weighted by Crippen LogP contribution is 2.41. The van der Waals surface area contributed by atoms with E-state index in [1.54, 1.807) is 7.11 Å². The van der Waals surface area contributed by atoms with Gasteiger partial charge in [0.1, 0.15) is 12.1 Å². The lowest BCUT2D eigenvalue weighted by Crippen LogP contribution is -2.34. The van der Waals surface area contributed by atoms with E-state index in [0.29, 0.717) is 5.88 Å². The molecule has 1 aromatic rings. The van der Waals surface area contributed by atoms with Gasteiger partial charge in [-0.15, -0.1) is 0 Å².